The zero-order valence-corrected chi connectivity index (χ0v) is 22.2. The average molecular weight is 537 g/mol. The lowest BCUT2D eigenvalue weighted by molar-refractivity contribution is -0.144. The van der Waals surface area contributed by atoms with Gasteiger partial charge in [-0.15, -0.1) is 16.9 Å². The van der Waals surface area contributed by atoms with Crippen molar-refractivity contribution < 1.29 is 19.5 Å². The number of hydrogen-bond acceptors (Lipinski definition) is 7. The van der Waals surface area contributed by atoms with E-state index in [4.69, 9.17) is 0 Å². The van der Waals surface area contributed by atoms with Crippen LogP contribution in [0.5, 0.6) is 0 Å². The first-order valence-electron chi connectivity index (χ1n) is 13.2. The predicted molar refractivity (Wildman–Crippen MR) is 143 cm³/mol. The fourth-order valence-corrected chi connectivity index (χ4v) is 8.44. The van der Waals surface area contributed by atoms with E-state index >= 15 is 0 Å². The maximum atomic E-state index is 14.4. The second-order valence-electron chi connectivity index (χ2n) is 10.5. The van der Waals surface area contributed by atoms with Crippen LogP contribution in [0.1, 0.15) is 19.3 Å². The molecule has 200 valence electrons. The zero-order chi connectivity index (χ0) is 26.4. The summed E-state index contributed by atoms with van der Waals surface area (Å²) < 4.78 is 0.893. The number of para-hydroxylation sites is 1. The number of nitrogens with zero attached hydrogens (tertiary/aromatic N) is 6. The summed E-state index contributed by atoms with van der Waals surface area (Å²) in [7, 11) is 1.77. The van der Waals surface area contributed by atoms with Crippen molar-refractivity contribution in [3.8, 4) is 0 Å². The van der Waals surface area contributed by atoms with Crippen LogP contribution in [-0.2, 0) is 21.1 Å². The Balaban J connectivity index is 1.37. The van der Waals surface area contributed by atoms with Gasteiger partial charge in [-0.2, -0.15) is 0 Å². The lowest BCUT2D eigenvalue weighted by Crippen LogP contribution is -2.53. The smallest absolute Gasteiger partial charge is 0.248 e. The van der Waals surface area contributed by atoms with E-state index in [0.717, 1.165) is 17.5 Å². The molecule has 10 nitrogen and oxygen atoms in total. The molecule has 1 N–H and O–H groups in total. The van der Waals surface area contributed by atoms with Crippen LogP contribution in [0.3, 0.4) is 0 Å². The van der Waals surface area contributed by atoms with Gasteiger partial charge in [-0.05, 0) is 31.4 Å². The van der Waals surface area contributed by atoms with Gasteiger partial charge in [0, 0.05) is 38.5 Å². The van der Waals surface area contributed by atoms with Crippen LogP contribution >= 0.6 is 11.8 Å². The maximum absolute atomic E-state index is 14.4. The third-order valence-electron chi connectivity index (χ3n) is 8.23. The van der Waals surface area contributed by atoms with Crippen LogP contribution in [0.15, 0.2) is 48.6 Å². The number of unbranched alkanes of at least 4 members (excludes halogenated alkanes) is 2. The van der Waals surface area contributed by atoms with Gasteiger partial charge in [0.2, 0.25) is 17.7 Å². The van der Waals surface area contributed by atoms with Gasteiger partial charge in [0.15, 0.2) is 0 Å². The van der Waals surface area contributed by atoms with E-state index in [1.165, 1.54) is 0 Å². The van der Waals surface area contributed by atoms with Crippen LogP contribution in [0.25, 0.3) is 11.0 Å². The molecule has 4 aliphatic rings. The Morgan fingerprint density at radius 3 is 2.74 bits per heavy atom. The number of aromatic nitrogens is 3. The van der Waals surface area contributed by atoms with Crippen molar-refractivity contribution in [2.45, 2.75) is 42.0 Å². The zero-order valence-electron chi connectivity index (χ0n) is 21.3. The normalized spacial score (nSPS) is 30.6. The van der Waals surface area contributed by atoms with Crippen molar-refractivity contribution in [1.82, 2.24) is 29.7 Å². The van der Waals surface area contributed by atoms with Crippen LogP contribution in [0.2, 0.25) is 0 Å². The molecule has 0 radical (unpaired) electrons. The van der Waals surface area contributed by atoms with Crippen molar-refractivity contribution in [3.63, 3.8) is 0 Å². The van der Waals surface area contributed by atoms with Crippen LogP contribution in [0, 0.1) is 11.8 Å². The molecule has 0 bridgehead atoms. The second-order valence-corrected chi connectivity index (χ2v) is 12.0. The quantitative estimate of drug-likeness (QED) is 0.419. The number of carbonyl (C=O) groups excluding carboxylic acids is 3. The van der Waals surface area contributed by atoms with E-state index in [0.29, 0.717) is 32.5 Å². The van der Waals surface area contributed by atoms with Crippen LogP contribution in [-0.4, -0.2) is 102 Å². The highest BCUT2D eigenvalue weighted by Crippen LogP contribution is 2.61. The Morgan fingerprint density at radius 2 is 1.89 bits per heavy atom. The molecule has 1 unspecified atom stereocenters. The number of carbonyl (C=O) groups is 3. The maximum Gasteiger partial charge on any atom is 0.248 e. The molecular formula is C27H32N6O4S. The highest BCUT2D eigenvalue weighted by molar-refractivity contribution is 8.02. The van der Waals surface area contributed by atoms with E-state index < -0.39 is 22.6 Å². The largest absolute Gasteiger partial charge is 0.396 e. The van der Waals surface area contributed by atoms with Crippen LogP contribution < -0.4 is 0 Å². The number of hydrogen-bond donors (Lipinski definition) is 1. The fraction of sp³-hybridized carbons (Fsp3) is 0.519. The molecule has 2 saturated heterocycles. The minimum atomic E-state index is -0.822. The summed E-state index contributed by atoms with van der Waals surface area (Å²) in [5, 5.41) is 17.6. The first kappa shape index (κ1) is 25.1. The van der Waals surface area contributed by atoms with Crippen molar-refractivity contribution in [2.24, 2.45) is 11.8 Å². The molecule has 1 aromatic heterocycles. The first-order valence-corrected chi connectivity index (χ1v) is 14.1. The number of likely N-dealkylation sites (tertiary alicyclic amines) is 1. The molecule has 11 heteroatoms. The van der Waals surface area contributed by atoms with Crippen LogP contribution in [0.4, 0.5) is 0 Å². The Kier molecular flexibility index (Phi) is 6.51. The van der Waals surface area contributed by atoms with Gasteiger partial charge in [0.1, 0.15) is 18.2 Å². The summed E-state index contributed by atoms with van der Waals surface area (Å²) in [6.07, 6.45) is 10.1. The second kappa shape index (κ2) is 9.85. The van der Waals surface area contributed by atoms with E-state index in [9.17, 15) is 19.5 Å². The first-order chi connectivity index (χ1) is 18.5. The number of aliphatic hydroxyl groups excluding tert-OH is 1. The van der Waals surface area contributed by atoms with Gasteiger partial charge in [0.05, 0.1) is 22.1 Å². The number of fused-ring (bicyclic) bond motifs is 3. The summed E-state index contributed by atoms with van der Waals surface area (Å²) in [6.45, 7) is 1.62. The molecule has 5 heterocycles. The highest BCUT2D eigenvalue weighted by Gasteiger charge is 2.70. The summed E-state index contributed by atoms with van der Waals surface area (Å²) in [5.41, 5.74) is 1.59. The van der Waals surface area contributed by atoms with Gasteiger partial charge in [0.25, 0.3) is 0 Å². The number of benzene rings is 1. The molecule has 1 aromatic carbocycles. The fourth-order valence-electron chi connectivity index (χ4n) is 6.43. The Labute approximate surface area is 225 Å². The van der Waals surface area contributed by atoms with Crippen molar-refractivity contribution in [2.75, 3.05) is 33.3 Å². The predicted octanol–water partition coefficient (Wildman–Crippen LogP) is 1.28. The monoisotopic (exact) mass is 536 g/mol. The Hall–Kier alpha value is -3.18. The van der Waals surface area contributed by atoms with Gasteiger partial charge in [-0.25, -0.2) is 4.68 Å². The number of likely N-dealkylation sites (N-methyl/N-ethyl adjacent to an activating group) is 1. The molecule has 5 atom stereocenters. The molecule has 1 spiro atoms. The SMILES string of the molecule is CN1CC=C[C@H]2S[C@]34C=CCN(Cn5nnc6ccccc65)C(=O)C3N(CCCCCO)C(=O)[C@@H]4[C@H]2C1=O. The lowest BCUT2D eigenvalue weighted by atomic mass is 9.78. The molecule has 38 heavy (non-hydrogen) atoms. The Morgan fingerprint density at radius 1 is 1.05 bits per heavy atom. The molecule has 2 fully saturated rings. The van der Waals surface area contributed by atoms with E-state index in [2.05, 4.69) is 10.3 Å². The number of amides is 3. The van der Waals surface area contributed by atoms with Gasteiger partial charge >= 0.3 is 0 Å². The topological polar surface area (TPSA) is 112 Å². The lowest BCUT2D eigenvalue weighted by Gasteiger charge is -2.35. The van der Waals surface area contributed by atoms with Crippen molar-refractivity contribution in [3.05, 3.63) is 48.6 Å². The third-order valence-corrected chi connectivity index (χ3v) is 9.97. The van der Waals surface area contributed by atoms with E-state index in [1.807, 2.05) is 48.6 Å². The molecule has 0 saturated carbocycles. The third kappa shape index (κ3) is 3.86. The molecule has 6 rings (SSSR count). The van der Waals surface area contributed by atoms with E-state index in [1.54, 1.807) is 38.2 Å². The summed E-state index contributed by atoms with van der Waals surface area (Å²) in [5.74, 6) is -1.42. The molecule has 0 aliphatic carbocycles. The van der Waals surface area contributed by atoms with Gasteiger partial charge in [-0.3, -0.25) is 14.4 Å². The molecule has 2 aromatic rings. The average Bonchev–Trinajstić information content (AvgIpc) is 3.47. The minimum absolute atomic E-state index is 0.0420. The summed E-state index contributed by atoms with van der Waals surface area (Å²) in [6, 6.07) is 6.90. The molecule has 3 amide bonds. The highest BCUT2D eigenvalue weighted by atomic mass is 32.2. The summed E-state index contributed by atoms with van der Waals surface area (Å²) in [4.78, 5) is 47.1. The van der Waals surface area contributed by atoms with Crippen molar-refractivity contribution in [1.29, 1.82) is 0 Å². The van der Waals surface area contributed by atoms with Crippen molar-refractivity contribution >= 4 is 40.5 Å². The minimum Gasteiger partial charge on any atom is -0.396 e. The number of thioether (sulfide) groups is 1. The number of rotatable bonds is 7. The molecular weight excluding hydrogens is 504 g/mol. The molecule has 4 aliphatic heterocycles. The number of aliphatic hydroxyl groups is 1. The van der Waals surface area contributed by atoms with Gasteiger partial charge in [-0.1, -0.05) is 41.7 Å². The van der Waals surface area contributed by atoms with Gasteiger partial charge < -0.3 is 19.8 Å². The van der Waals surface area contributed by atoms with E-state index in [-0.39, 0.29) is 36.2 Å². The Bertz CT molecular complexity index is 1330. The standard InChI is InChI=1S/C27H32N6O4S/c1-30-13-7-11-20-21(24(30)35)22-25(36)32(15-5-2-6-16-34)23-26(37)31(14-8-12-27(22,23)38-20)17-33-19-10-4-3-9-18(19)28-29-33/h3-4,7-12,20-23,34H,2,5-6,13-17H2,1H3/t20-,21+,22+,23?,27+/m1/s1. The summed E-state index contributed by atoms with van der Waals surface area (Å²) >= 11 is 1.59.